The number of carbonyl (C=O) groups is 1. The van der Waals surface area contributed by atoms with Gasteiger partial charge in [-0.3, -0.25) is 9.79 Å². The first-order valence-corrected chi connectivity index (χ1v) is 11.0. The first-order valence-electron chi connectivity index (χ1n) is 11.0. The Hall–Kier alpha value is -4.48. The van der Waals surface area contributed by atoms with Gasteiger partial charge in [0.25, 0.3) is 0 Å². The van der Waals surface area contributed by atoms with E-state index in [2.05, 4.69) is 20.1 Å². The average Bonchev–Trinajstić information content (AvgIpc) is 3.48. The second-order valence-corrected chi connectivity index (χ2v) is 7.92. The van der Waals surface area contributed by atoms with Gasteiger partial charge in [-0.05, 0) is 36.2 Å². The molecule has 36 heavy (non-hydrogen) atoms. The number of hydrogen-bond donors (Lipinski definition) is 2. The van der Waals surface area contributed by atoms with Crippen LogP contribution in [0.4, 0.5) is 13.2 Å². The number of halogens is 3. The Morgan fingerprint density at radius 3 is 2.61 bits per heavy atom. The number of amides is 1. The van der Waals surface area contributed by atoms with E-state index in [1.807, 2.05) is 6.92 Å². The Morgan fingerprint density at radius 2 is 1.97 bits per heavy atom. The van der Waals surface area contributed by atoms with Crippen LogP contribution in [0, 0.1) is 0 Å². The molecule has 3 heterocycles. The zero-order valence-electron chi connectivity index (χ0n) is 19.5. The highest BCUT2D eigenvalue weighted by atomic mass is 19.4. The number of aliphatic imine (C=N–C) groups is 1. The van der Waals surface area contributed by atoms with E-state index in [0.29, 0.717) is 35.4 Å². The predicted molar refractivity (Wildman–Crippen MR) is 130 cm³/mol. The predicted octanol–water partition coefficient (Wildman–Crippen LogP) is 3.68. The molecule has 0 aliphatic heterocycles. The van der Waals surface area contributed by atoms with Gasteiger partial charge in [0.1, 0.15) is 0 Å². The number of rotatable bonds is 7. The highest BCUT2D eigenvalue weighted by Gasteiger charge is 2.39. The molecule has 3 aromatic heterocycles. The molecule has 0 aliphatic rings. The lowest BCUT2D eigenvalue weighted by Crippen LogP contribution is -2.13. The lowest BCUT2D eigenvalue weighted by molar-refractivity contribution is -0.140. The topological polar surface area (TPSA) is 130 Å². The smallest absolute Gasteiger partial charge is 0.404 e. The Kier molecular flexibility index (Phi) is 6.60. The van der Waals surface area contributed by atoms with Crippen LogP contribution in [0.5, 0.6) is 0 Å². The van der Waals surface area contributed by atoms with Crippen molar-refractivity contribution in [2.24, 2.45) is 16.5 Å². The maximum absolute atomic E-state index is 14.2. The lowest BCUT2D eigenvalue weighted by atomic mass is 10.0. The molecule has 0 saturated heterocycles. The van der Waals surface area contributed by atoms with Crippen LogP contribution in [0.3, 0.4) is 0 Å². The molecule has 0 aliphatic carbocycles. The van der Waals surface area contributed by atoms with Gasteiger partial charge in [-0.1, -0.05) is 13.3 Å². The number of nitrogens with two attached hydrogens (primary N) is 2. The monoisotopic (exact) mass is 496 g/mol. The van der Waals surface area contributed by atoms with E-state index in [-0.39, 0.29) is 22.3 Å². The van der Waals surface area contributed by atoms with Gasteiger partial charge in [-0.25, -0.2) is 14.6 Å². The normalized spacial score (nSPS) is 12.6. The Bertz CT molecular complexity index is 1500. The molecule has 4 rings (SSSR count). The molecule has 12 heteroatoms. The number of aromatic nitrogens is 5. The summed E-state index contributed by atoms with van der Waals surface area (Å²) in [6.07, 6.45) is 3.58. The fourth-order valence-electron chi connectivity index (χ4n) is 3.96. The van der Waals surface area contributed by atoms with E-state index < -0.39 is 17.8 Å². The van der Waals surface area contributed by atoms with Crippen molar-refractivity contribution in [1.29, 1.82) is 0 Å². The summed E-state index contributed by atoms with van der Waals surface area (Å²) in [5.74, 6) is -0.629. The van der Waals surface area contributed by atoms with Gasteiger partial charge in [-0.2, -0.15) is 18.3 Å². The van der Waals surface area contributed by atoms with Gasteiger partial charge in [-0.15, -0.1) is 0 Å². The van der Waals surface area contributed by atoms with Crippen molar-refractivity contribution in [1.82, 2.24) is 24.3 Å². The Morgan fingerprint density at radius 1 is 1.19 bits per heavy atom. The Labute approximate surface area is 204 Å². The molecule has 9 nitrogen and oxygen atoms in total. The number of primary amides is 1. The molecule has 0 radical (unpaired) electrons. The zero-order chi connectivity index (χ0) is 26.0. The van der Waals surface area contributed by atoms with E-state index >= 15 is 0 Å². The summed E-state index contributed by atoms with van der Waals surface area (Å²) in [4.78, 5) is 24.1. The van der Waals surface area contributed by atoms with Crippen molar-refractivity contribution in [2.45, 2.75) is 25.9 Å². The third kappa shape index (κ3) is 4.44. The van der Waals surface area contributed by atoms with Gasteiger partial charge < -0.3 is 16.0 Å². The summed E-state index contributed by atoms with van der Waals surface area (Å²) in [5, 5.41) is 3.75. The third-order valence-corrected chi connectivity index (χ3v) is 5.53. The van der Waals surface area contributed by atoms with Crippen LogP contribution in [-0.4, -0.2) is 43.5 Å². The van der Waals surface area contributed by atoms with Crippen molar-refractivity contribution in [3.05, 3.63) is 71.7 Å². The van der Waals surface area contributed by atoms with Crippen LogP contribution in [0.25, 0.3) is 28.0 Å². The second kappa shape index (κ2) is 9.64. The number of hydrogen-bond acceptors (Lipinski definition) is 6. The largest absolute Gasteiger partial charge is 0.435 e. The van der Waals surface area contributed by atoms with Crippen LogP contribution in [0.2, 0.25) is 0 Å². The molecule has 0 saturated carbocycles. The van der Waals surface area contributed by atoms with Crippen molar-refractivity contribution in [3.63, 3.8) is 0 Å². The molecular formula is C24H23F3N8O. The number of benzene rings is 1. The van der Waals surface area contributed by atoms with Gasteiger partial charge in [0, 0.05) is 43.0 Å². The standard InChI is InChI=1S/C24H23F3N8O/c1-3-4-14-9-15(22(29)36)5-6-18(14)35-23-20(21(33-35)24(25,26)27)19(7-8-31-23)34-12-17(32-13-34)16(10-28)11-30-2/h5-13H,3-4,28H2,1-2H3,(H2,29,36). The number of fused-ring (bicyclic) bond motifs is 1. The van der Waals surface area contributed by atoms with E-state index in [0.717, 1.165) is 4.68 Å². The number of imidazole rings is 1. The fourth-order valence-corrected chi connectivity index (χ4v) is 3.96. The number of pyridine rings is 1. The van der Waals surface area contributed by atoms with Crippen molar-refractivity contribution in [3.8, 4) is 11.4 Å². The number of carbonyl (C=O) groups excluding carboxylic acids is 1. The minimum absolute atomic E-state index is 0.00367. The quantitative estimate of drug-likeness (QED) is 0.377. The molecular weight excluding hydrogens is 473 g/mol. The zero-order valence-corrected chi connectivity index (χ0v) is 19.5. The number of allylic oxidation sites excluding steroid dienone is 1. The molecule has 0 unspecified atom stereocenters. The van der Waals surface area contributed by atoms with Crippen LogP contribution in [0.1, 0.15) is 40.7 Å². The molecule has 0 bridgehead atoms. The van der Waals surface area contributed by atoms with Gasteiger partial charge >= 0.3 is 6.18 Å². The van der Waals surface area contributed by atoms with Gasteiger partial charge in [0.05, 0.1) is 28.8 Å². The number of nitrogens with zero attached hydrogens (tertiary/aromatic N) is 6. The molecule has 4 N–H and O–H groups in total. The number of alkyl halides is 3. The van der Waals surface area contributed by atoms with E-state index in [1.165, 1.54) is 47.7 Å². The molecule has 0 spiro atoms. The summed E-state index contributed by atoms with van der Waals surface area (Å²) in [7, 11) is 1.57. The van der Waals surface area contributed by atoms with E-state index in [1.54, 1.807) is 19.3 Å². The van der Waals surface area contributed by atoms with Crippen LogP contribution in [0.15, 0.2) is 54.2 Å². The van der Waals surface area contributed by atoms with Crippen molar-refractivity contribution < 1.29 is 18.0 Å². The molecule has 186 valence electrons. The highest BCUT2D eigenvalue weighted by Crippen LogP contribution is 2.38. The van der Waals surface area contributed by atoms with Gasteiger partial charge in [0.15, 0.2) is 11.3 Å². The fraction of sp³-hybridized carbons (Fsp3) is 0.208. The van der Waals surface area contributed by atoms with E-state index in [9.17, 15) is 18.0 Å². The average molecular weight is 496 g/mol. The van der Waals surface area contributed by atoms with Gasteiger partial charge in [0.2, 0.25) is 5.91 Å². The van der Waals surface area contributed by atoms with Crippen LogP contribution >= 0.6 is 0 Å². The third-order valence-electron chi connectivity index (χ3n) is 5.53. The van der Waals surface area contributed by atoms with Crippen molar-refractivity contribution in [2.75, 3.05) is 7.05 Å². The Balaban J connectivity index is 1.98. The molecule has 0 fully saturated rings. The van der Waals surface area contributed by atoms with Crippen molar-refractivity contribution >= 4 is 28.7 Å². The van der Waals surface area contributed by atoms with Crippen LogP contribution in [-0.2, 0) is 12.6 Å². The maximum atomic E-state index is 14.2. The summed E-state index contributed by atoms with van der Waals surface area (Å²) in [5.41, 5.74) is 12.3. The number of aryl methyl sites for hydroxylation is 1. The summed E-state index contributed by atoms with van der Waals surface area (Å²) in [6, 6.07) is 6.02. The highest BCUT2D eigenvalue weighted by molar-refractivity contribution is 6.08. The summed E-state index contributed by atoms with van der Waals surface area (Å²) < 4.78 is 45.3. The summed E-state index contributed by atoms with van der Waals surface area (Å²) in [6.45, 7) is 1.92. The second-order valence-electron chi connectivity index (χ2n) is 7.92. The first-order chi connectivity index (χ1) is 17.2. The molecule has 0 atom stereocenters. The van der Waals surface area contributed by atoms with E-state index in [4.69, 9.17) is 11.5 Å². The molecule has 1 amide bonds. The minimum Gasteiger partial charge on any atom is -0.404 e. The molecule has 1 aromatic carbocycles. The SMILES string of the molecule is CCCc1cc(C(N)=O)ccc1-n1nc(C(F)(F)F)c2c(-n3cnc(C(C=NC)=CN)c3)ccnc21. The lowest BCUT2D eigenvalue weighted by Gasteiger charge is -2.11. The minimum atomic E-state index is -4.76. The molecule has 4 aromatic rings. The summed E-state index contributed by atoms with van der Waals surface area (Å²) >= 11 is 0. The first kappa shape index (κ1) is 24.6. The maximum Gasteiger partial charge on any atom is 0.435 e. The van der Waals surface area contributed by atoms with Crippen LogP contribution < -0.4 is 11.5 Å².